The molecule has 168 valence electrons. The number of nitrogens with zero attached hydrogens (tertiary/aromatic N) is 1. The molecular formula is C24H28ClF2NO3. The van der Waals surface area contributed by atoms with E-state index in [1.807, 2.05) is 24.3 Å². The molecule has 2 aromatic rings. The summed E-state index contributed by atoms with van der Waals surface area (Å²) in [5.74, 6) is -2.41. The van der Waals surface area contributed by atoms with Crippen LogP contribution in [0.4, 0.5) is 8.78 Å². The standard InChI is InChI=1S/C24H28ClF2NO3/c25-19-4-2-18(3-5-19)17-23(29)9-12-28(13-10-23)11-1-8-24(30-14-15-31-24)21-7-6-20(26)16-22(21)27/h2-7,16,29H,1,8-15,17H2. The quantitative estimate of drug-likeness (QED) is 0.664. The molecule has 2 aliphatic heterocycles. The Morgan fingerprint density at radius 3 is 2.32 bits per heavy atom. The van der Waals surface area contributed by atoms with Gasteiger partial charge in [0.2, 0.25) is 0 Å². The summed E-state index contributed by atoms with van der Waals surface area (Å²) in [5, 5.41) is 11.7. The molecule has 2 heterocycles. The monoisotopic (exact) mass is 451 g/mol. The maximum atomic E-state index is 14.4. The number of ether oxygens (including phenoxy) is 2. The molecule has 2 aromatic carbocycles. The van der Waals surface area contributed by atoms with Gasteiger partial charge in [0, 0.05) is 42.6 Å². The second-order valence-electron chi connectivity index (χ2n) is 8.55. The summed E-state index contributed by atoms with van der Waals surface area (Å²) in [7, 11) is 0. The number of aliphatic hydroxyl groups is 1. The fourth-order valence-corrected chi connectivity index (χ4v) is 4.70. The van der Waals surface area contributed by atoms with Crippen LogP contribution in [0.2, 0.25) is 5.02 Å². The lowest BCUT2D eigenvalue weighted by Crippen LogP contribution is -2.46. The lowest BCUT2D eigenvalue weighted by Gasteiger charge is -2.39. The number of piperidine rings is 1. The van der Waals surface area contributed by atoms with E-state index in [9.17, 15) is 13.9 Å². The van der Waals surface area contributed by atoms with Crippen LogP contribution in [0.15, 0.2) is 42.5 Å². The molecular weight excluding hydrogens is 424 g/mol. The highest BCUT2D eigenvalue weighted by Crippen LogP contribution is 2.38. The van der Waals surface area contributed by atoms with E-state index in [1.54, 1.807) is 0 Å². The average molecular weight is 452 g/mol. The minimum atomic E-state index is -1.15. The minimum Gasteiger partial charge on any atom is -0.389 e. The van der Waals surface area contributed by atoms with Gasteiger partial charge in [-0.05, 0) is 55.6 Å². The van der Waals surface area contributed by atoms with Crippen LogP contribution in [0.25, 0.3) is 0 Å². The van der Waals surface area contributed by atoms with Crippen molar-refractivity contribution in [3.05, 3.63) is 70.2 Å². The van der Waals surface area contributed by atoms with Crippen LogP contribution >= 0.6 is 11.6 Å². The molecule has 0 bridgehead atoms. The summed E-state index contributed by atoms with van der Waals surface area (Å²) < 4.78 is 39.3. The Morgan fingerprint density at radius 2 is 1.68 bits per heavy atom. The summed E-state index contributed by atoms with van der Waals surface area (Å²) in [4.78, 5) is 2.31. The van der Waals surface area contributed by atoms with Crippen molar-refractivity contribution in [3.8, 4) is 0 Å². The van der Waals surface area contributed by atoms with Crippen LogP contribution in [-0.4, -0.2) is 48.5 Å². The number of halogens is 3. The van der Waals surface area contributed by atoms with Crippen molar-refractivity contribution in [3.63, 3.8) is 0 Å². The summed E-state index contributed by atoms with van der Waals surface area (Å²) in [5.41, 5.74) is 0.627. The van der Waals surface area contributed by atoms with Crippen molar-refractivity contribution in [2.24, 2.45) is 0 Å². The third-order valence-corrected chi connectivity index (χ3v) is 6.56. The van der Waals surface area contributed by atoms with Crippen LogP contribution in [0, 0.1) is 11.6 Å². The molecule has 0 radical (unpaired) electrons. The molecule has 4 nitrogen and oxygen atoms in total. The topological polar surface area (TPSA) is 41.9 Å². The van der Waals surface area contributed by atoms with E-state index in [4.69, 9.17) is 21.1 Å². The zero-order chi connectivity index (χ0) is 21.9. The fourth-order valence-electron chi connectivity index (χ4n) is 4.57. The van der Waals surface area contributed by atoms with E-state index >= 15 is 0 Å². The van der Waals surface area contributed by atoms with E-state index in [-0.39, 0.29) is 5.56 Å². The molecule has 0 spiro atoms. The number of likely N-dealkylation sites (tertiary alicyclic amines) is 1. The predicted octanol–water partition coefficient (Wildman–Crippen LogP) is 4.67. The molecule has 4 rings (SSSR count). The number of benzene rings is 2. The zero-order valence-electron chi connectivity index (χ0n) is 17.5. The molecule has 2 fully saturated rings. The van der Waals surface area contributed by atoms with Gasteiger partial charge in [-0.3, -0.25) is 0 Å². The smallest absolute Gasteiger partial charge is 0.197 e. The molecule has 0 atom stereocenters. The first kappa shape index (κ1) is 22.6. The number of hydrogen-bond donors (Lipinski definition) is 1. The van der Waals surface area contributed by atoms with E-state index in [0.29, 0.717) is 43.9 Å². The second-order valence-corrected chi connectivity index (χ2v) is 8.98. The maximum absolute atomic E-state index is 14.4. The highest BCUT2D eigenvalue weighted by molar-refractivity contribution is 6.30. The number of hydrogen-bond acceptors (Lipinski definition) is 4. The number of rotatable bonds is 7. The Kier molecular flexibility index (Phi) is 6.94. The first-order valence-electron chi connectivity index (χ1n) is 10.8. The van der Waals surface area contributed by atoms with Crippen LogP contribution in [0.1, 0.15) is 36.8 Å². The van der Waals surface area contributed by atoms with Crippen molar-refractivity contribution in [2.45, 2.75) is 43.5 Å². The molecule has 31 heavy (non-hydrogen) atoms. The van der Waals surface area contributed by atoms with Crippen LogP contribution in [0.3, 0.4) is 0 Å². The summed E-state index contributed by atoms with van der Waals surface area (Å²) in [6.45, 7) is 3.16. The van der Waals surface area contributed by atoms with Gasteiger partial charge in [0.15, 0.2) is 5.79 Å². The Balaban J connectivity index is 1.29. The van der Waals surface area contributed by atoms with Gasteiger partial charge >= 0.3 is 0 Å². The van der Waals surface area contributed by atoms with Gasteiger partial charge in [0.25, 0.3) is 0 Å². The first-order valence-corrected chi connectivity index (χ1v) is 11.2. The third-order valence-electron chi connectivity index (χ3n) is 6.31. The van der Waals surface area contributed by atoms with E-state index in [1.165, 1.54) is 12.1 Å². The van der Waals surface area contributed by atoms with Crippen LogP contribution < -0.4 is 0 Å². The summed E-state index contributed by atoms with van der Waals surface area (Å²) >= 11 is 5.94. The predicted molar refractivity (Wildman–Crippen MR) is 115 cm³/mol. The molecule has 7 heteroatoms. The summed E-state index contributed by atoms with van der Waals surface area (Å²) in [6, 6.07) is 11.1. The van der Waals surface area contributed by atoms with Gasteiger partial charge in [-0.1, -0.05) is 23.7 Å². The van der Waals surface area contributed by atoms with E-state index < -0.39 is 23.0 Å². The molecule has 2 aliphatic rings. The lowest BCUT2D eigenvalue weighted by molar-refractivity contribution is -0.174. The summed E-state index contributed by atoms with van der Waals surface area (Å²) in [6.07, 6.45) is 3.24. The van der Waals surface area contributed by atoms with Gasteiger partial charge in [0.1, 0.15) is 11.6 Å². The third kappa shape index (κ3) is 5.44. The lowest BCUT2D eigenvalue weighted by atomic mass is 9.85. The van der Waals surface area contributed by atoms with Crippen molar-refractivity contribution >= 4 is 11.6 Å². The van der Waals surface area contributed by atoms with Crippen molar-refractivity contribution in [1.29, 1.82) is 0 Å². The van der Waals surface area contributed by atoms with Gasteiger partial charge in [-0.25, -0.2) is 8.78 Å². The Hall–Kier alpha value is -1.57. The van der Waals surface area contributed by atoms with E-state index in [0.717, 1.165) is 37.7 Å². The first-order chi connectivity index (χ1) is 14.9. The van der Waals surface area contributed by atoms with Gasteiger partial charge < -0.3 is 19.5 Å². The molecule has 0 saturated carbocycles. The molecule has 2 saturated heterocycles. The molecule has 0 unspecified atom stereocenters. The van der Waals surface area contributed by atoms with Crippen molar-refractivity contribution < 1.29 is 23.4 Å². The Labute approximate surface area is 186 Å². The van der Waals surface area contributed by atoms with Gasteiger partial charge in [0.05, 0.1) is 18.8 Å². The SMILES string of the molecule is OC1(Cc2ccc(Cl)cc2)CCN(CCCC2(c3ccc(F)cc3F)OCCO2)CC1. The van der Waals surface area contributed by atoms with E-state index in [2.05, 4.69) is 4.90 Å². The Bertz CT molecular complexity index is 879. The highest BCUT2D eigenvalue weighted by atomic mass is 35.5. The van der Waals surface area contributed by atoms with Crippen molar-refractivity contribution in [1.82, 2.24) is 4.90 Å². The average Bonchev–Trinajstić information content (AvgIpc) is 3.21. The van der Waals surface area contributed by atoms with Crippen LogP contribution in [0.5, 0.6) is 0 Å². The normalized spacial score (nSPS) is 20.8. The zero-order valence-corrected chi connectivity index (χ0v) is 18.2. The molecule has 0 amide bonds. The largest absolute Gasteiger partial charge is 0.389 e. The van der Waals surface area contributed by atoms with Gasteiger partial charge in [-0.15, -0.1) is 0 Å². The second kappa shape index (κ2) is 9.51. The molecule has 0 aliphatic carbocycles. The Morgan fingerprint density at radius 1 is 1.00 bits per heavy atom. The van der Waals surface area contributed by atoms with Gasteiger partial charge in [-0.2, -0.15) is 0 Å². The fraction of sp³-hybridized carbons (Fsp3) is 0.500. The highest BCUT2D eigenvalue weighted by Gasteiger charge is 2.40. The van der Waals surface area contributed by atoms with Crippen molar-refractivity contribution in [2.75, 3.05) is 32.8 Å². The molecule has 1 N–H and O–H groups in total. The maximum Gasteiger partial charge on any atom is 0.197 e. The minimum absolute atomic E-state index is 0.252. The van der Waals surface area contributed by atoms with Crippen LogP contribution in [-0.2, 0) is 21.7 Å². The molecule has 0 aromatic heterocycles.